The normalized spacial score (nSPS) is 37.7. The SMILES string of the molecule is CN(C)C1(CNC2CCOC3(CCOC3)C2)CCC1. The van der Waals surface area contributed by atoms with E-state index >= 15 is 0 Å². The maximum Gasteiger partial charge on any atom is 0.0951 e. The summed E-state index contributed by atoms with van der Waals surface area (Å²) in [4.78, 5) is 2.41. The molecule has 2 heterocycles. The Balaban J connectivity index is 1.52. The number of ether oxygens (including phenoxy) is 2. The van der Waals surface area contributed by atoms with Crippen molar-refractivity contribution in [3.63, 3.8) is 0 Å². The summed E-state index contributed by atoms with van der Waals surface area (Å²) >= 11 is 0. The first kappa shape index (κ1) is 13.8. The molecule has 0 bridgehead atoms. The fraction of sp³-hybridized carbons (Fsp3) is 1.00. The molecule has 19 heavy (non-hydrogen) atoms. The summed E-state index contributed by atoms with van der Waals surface area (Å²) in [6.07, 6.45) is 7.39. The van der Waals surface area contributed by atoms with Crippen LogP contribution in [0, 0.1) is 0 Å². The lowest BCUT2D eigenvalue weighted by Crippen LogP contribution is -2.59. The molecule has 1 N–H and O–H groups in total. The second kappa shape index (κ2) is 5.32. The summed E-state index contributed by atoms with van der Waals surface area (Å²) in [7, 11) is 4.44. The van der Waals surface area contributed by atoms with Crippen LogP contribution in [0.5, 0.6) is 0 Å². The van der Waals surface area contributed by atoms with Crippen molar-refractivity contribution in [1.82, 2.24) is 10.2 Å². The Morgan fingerprint density at radius 3 is 2.63 bits per heavy atom. The maximum absolute atomic E-state index is 6.00. The lowest BCUT2D eigenvalue weighted by atomic mass is 9.75. The van der Waals surface area contributed by atoms with Crippen molar-refractivity contribution in [2.45, 2.75) is 55.7 Å². The molecule has 4 heteroatoms. The van der Waals surface area contributed by atoms with Gasteiger partial charge >= 0.3 is 0 Å². The van der Waals surface area contributed by atoms with E-state index in [0.29, 0.717) is 11.6 Å². The Kier molecular flexibility index (Phi) is 3.87. The summed E-state index contributed by atoms with van der Waals surface area (Å²) in [5.41, 5.74) is 0.443. The zero-order chi connectivity index (χ0) is 13.3. The van der Waals surface area contributed by atoms with Gasteiger partial charge in [0.25, 0.3) is 0 Å². The minimum absolute atomic E-state index is 0.0286. The highest BCUT2D eigenvalue weighted by atomic mass is 16.6. The maximum atomic E-state index is 6.00. The van der Waals surface area contributed by atoms with Crippen LogP contribution in [-0.4, -0.2) is 62.5 Å². The van der Waals surface area contributed by atoms with Crippen LogP contribution >= 0.6 is 0 Å². The topological polar surface area (TPSA) is 33.7 Å². The minimum Gasteiger partial charge on any atom is -0.378 e. The van der Waals surface area contributed by atoms with Crippen molar-refractivity contribution >= 4 is 0 Å². The lowest BCUT2D eigenvalue weighted by Gasteiger charge is -2.49. The van der Waals surface area contributed by atoms with Gasteiger partial charge < -0.3 is 19.7 Å². The first-order valence-electron chi connectivity index (χ1n) is 7.77. The highest BCUT2D eigenvalue weighted by Gasteiger charge is 2.43. The summed E-state index contributed by atoms with van der Waals surface area (Å²) in [5, 5.41) is 3.82. The third-order valence-corrected chi connectivity index (χ3v) is 5.51. The molecule has 0 aromatic heterocycles. The van der Waals surface area contributed by atoms with Crippen molar-refractivity contribution in [2.24, 2.45) is 0 Å². The molecule has 3 fully saturated rings. The highest BCUT2D eigenvalue weighted by molar-refractivity contribution is 5.00. The molecule has 2 unspecified atom stereocenters. The number of nitrogens with zero attached hydrogens (tertiary/aromatic N) is 1. The van der Waals surface area contributed by atoms with E-state index in [-0.39, 0.29) is 5.60 Å². The van der Waals surface area contributed by atoms with Crippen LogP contribution in [0.2, 0.25) is 0 Å². The van der Waals surface area contributed by atoms with E-state index in [9.17, 15) is 0 Å². The van der Waals surface area contributed by atoms with Gasteiger partial charge in [-0.2, -0.15) is 0 Å². The van der Waals surface area contributed by atoms with E-state index in [1.165, 1.54) is 19.3 Å². The molecule has 110 valence electrons. The number of hydrogen-bond acceptors (Lipinski definition) is 4. The van der Waals surface area contributed by atoms with Crippen molar-refractivity contribution < 1.29 is 9.47 Å². The standard InChI is InChI=1S/C15H28N2O2/c1-17(2)14(5-3-6-14)11-16-13-4-8-19-15(10-13)7-9-18-12-15/h13,16H,3-12H2,1-2H3. The number of nitrogens with one attached hydrogen (secondary N) is 1. The fourth-order valence-electron chi connectivity index (χ4n) is 3.77. The molecular weight excluding hydrogens is 240 g/mol. The summed E-state index contributed by atoms with van der Waals surface area (Å²) in [5.74, 6) is 0. The molecule has 0 radical (unpaired) electrons. The third-order valence-electron chi connectivity index (χ3n) is 5.51. The van der Waals surface area contributed by atoms with Gasteiger partial charge in [-0.05, 0) is 46.2 Å². The smallest absolute Gasteiger partial charge is 0.0951 e. The molecule has 0 amide bonds. The van der Waals surface area contributed by atoms with E-state index in [1.54, 1.807) is 0 Å². The summed E-state index contributed by atoms with van der Waals surface area (Å²) in [6, 6.07) is 0.605. The predicted octanol–water partition coefficient (Wildman–Crippen LogP) is 1.40. The average molecular weight is 268 g/mol. The molecule has 2 aliphatic heterocycles. The Labute approximate surface area is 116 Å². The van der Waals surface area contributed by atoms with Crippen LogP contribution in [0.25, 0.3) is 0 Å². The zero-order valence-electron chi connectivity index (χ0n) is 12.4. The van der Waals surface area contributed by atoms with Crippen molar-refractivity contribution in [2.75, 3.05) is 40.5 Å². The molecule has 2 atom stereocenters. The van der Waals surface area contributed by atoms with Gasteiger partial charge in [-0.3, -0.25) is 0 Å². The van der Waals surface area contributed by atoms with Crippen molar-refractivity contribution in [3.8, 4) is 0 Å². The fourth-order valence-corrected chi connectivity index (χ4v) is 3.77. The van der Waals surface area contributed by atoms with E-state index in [4.69, 9.17) is 9.47 Å². The van der Waals surface area contributed by atoms with Gasteiger partial charge in [0.05, 0.1) is 12.2 Å². The van der Waals surface area contributed by atoms with Gasteiger partial charge in [-0.25, -0.2) is 0 Å². The van der Waals surface area contributed by atoms with Gasteiger partial charge in [0.2, 0.25) is 0 Å². The quantitative estimate of drug-likeness (QED) is 0.835. The number of likely N-dealkylation sites (N-methyl/N-ethyl adjacent to an activating group) is 1. The average Bonchev–Trinajstić information content (AvgIpc) is 2.75. The minimum atomic E-state index is 0.0286. The molecule has 1 aliphatic carbocycles. The van der Waals surface area contributed by atoms with Crippen LogP contribution in [0.1, 0.15) is 38.5 Å². The van der Waals surface area contributed by atoms with Gasteiger partial charge in [0.1, 0.15) is 0 Å². The molecule has 1 saturated carbocycles. The monoisotopic (exact) mass is 268 g/mol. The number of rotatable bonds is 4. The Morgan fingerprint density at radius 2 is 2.05 bits per heavy atom. The molecular formula is C15H28N2O2. The first-order chi connectivity index (χ1) is 9.14. The largest absolute Gasteiger partial charge is 0.378 e. The van der Waals surface area contributed by atoms with Gasteiger partial charge in [0, 0.05) is 37.8 Å². The van der Waals surface area contributed by atoms with Crippen LogP contribution < -0.4 is 5.32 Å². The third kappa shape index (κ3) is 2.68. The van der Waals surface area contributed by atoms with E-state index in [1.807, 2.05) is 0 Å². The van der Waals surface area contributed by atoms with E-state index in [2.05, 4.69) is 24.3 Å². The summed E-state index contributed by atoms with van der Waals surface area (Å²) < 4.78 is 11.5. The highest BCUT2D eigenvalue weighted by Crippen LogP contribution is 2.37. The van der Waals surface area contributed by atoms with Crippen LogP contribution in [0.15, 0.2) is 0 Å². The molecule has 2 saturated heterocycles. The van der Waals surface area contributed by atoms with Crippen LogP contribution in [0.3, 0.4) is 0 Å². The molecule has 3 rings (SSSR count). The van der Waals surface area contributed by atoms with Gasteiger partial charge in [0.15, 0.2) is 0 Å². The first-order valence-corrected chi connectivity index (χ1v) is 7.77. The lowest BCUT2D eigenvalue weighted by molar-refractivity contribution is -0.0911. The van der Waals surface area contributed by atoms with Crippen LogP contribution in [-0.2, 0) is 9.47 Å². The molecule has 0 aromatic carbocycles. The van der Waals surface area contributed by atoms with Crippen molar-refractivity contribution in [3.05, 3.63) is 0 Å². The zero-order valence-corrected chi connectivity index (χ0v) is 12.4. The molecule has 0 aromatic rings. The van der Waals surface area contributed by atoms with E-state index in [0.717, 1.165) is 45.6 Å². The summed E-state index contributed by atoms with van der Waals surface area (Å²) in [6.45, 7) is 3.68. The molecule has 3 aliphatic rings. The Bertz CT molecular complexity index is 309. The Hall–Kier alpha value is -0.160. The number of hydrogen-bond donors (Lipinski definition) is 1. The predicted molar refractivity (Wildman–Crippen MR) is 75.4 cm³/mol. The van der Waals surface area contributed by atoms with Gasteiger partial charge in [-0.1, -0.05) is 0 Å². The molecule has 1 spiro atoms. The Morgan fingerprint density at radius 1 is 1.21 bits per heavy atom. The van der Waals surface area contributed by atoms with Crippen LogP contribution in [0.4, 0.5) is 0 Å². The van der Waals surface area contributed by atoms with Crippen molar-refractivity contribution in [1.29, 1.82) is 0 Å². The second-order valence-corrected chi connectivity index (χ2v) is 6.88. The molecule has 4 nitrogen and oxygen atoms in total. The van der Waals surface area contributed by atoms with E-state index < -0.39 is 0 Å². The second-order valence-electron chi connectivity index (χ2n) is 6.88. The van der Waals surface area contributed by atoms with Gasteiger partial charge in [-0.15, -0.1) is 0 Å².